The van der Waals surface area contributed by atoms with Crippen LogP contribution in [0.4, 0.5) is 0 Å². The lowest BCUT2D eigenvalue weighted by atomic mass is 9.85. The summed E-state index contributed by atoms with van der Waals surface area (Å²) in [7, 11) is 0. The molecule has 0 spiro atoms. The summed E-state index contributed by atoms with van der Waals surface area (Å²) < 4.78 is 11.2. The Hall–Kier alpha value is -1.35. The molecule has 1 unspecified atom stereocenters. The molecule has 1 saturated heterocycles. The Bertz CT molecular complexity index is 499. The number of ketones is 1. The lowest BCUT2D eigenvalue weighted by Crippen LogP contribution is -2.19. The molecular weight excluding hydrogens is 240 g/mol. The fourth-order valence-electron chi connectivity index (χ4n) is 2.82. The predicted octanol–water partition coefficient (Wildman–Crippen LogP) is 3.11. The van der Waals surface area contributed by atoms with E-state index in [1.54, 1.807) is 0 Å². The average Bonchev–Trinajstić information content (AvgIpc) is 2.98. The van der Waals surface area contributed by atoms with Crippen molar-refractivity contribution >= 4 is 5.78 Å². The zero-order valence-corrected chi connectivity index (χ0v) is 11.6. The molecule has 1 aromatic rings. The van der Waals surface area contributed by atoms with E-state index in [-0.39, 0.29) is 17.3 Å². The van der Waals surface area contributed by atoms with Crippen LogP contribution in [-0.2, 0) is 10.2 Å². The molecule has 0 radical (unpaired) electrons. The van der Waals surface area contributed by atoms with Crippen LogP contribution in [0.15, 0.2) is 18.2 Å². The molecule has 0 bridgehead atoms. The predicted molar refractivity (Wildman–Crippen MR) is 72.9 cm³/mol. The number of ether oxygens (including phenoxy) is 2. The zero-order chi connectivity index (χ0) is 13.5. The van der Waals surface area contributed by atoms with Crippen molar-refractivity contribution in [1.29, 1.82) is 0 Å². The van der Waals surface area contributed by atoms with Gasteiger partial charge in [0.1, 0.15) is 5.75 Å². The van der Waals surface area contributed by atoms with Gasteiger partial charge in [-0.2, -0.15) is 0 Å². The molecular formula is C16H20O3. The molecule has 102 valence electrons. The summed E-state index contributed by atoms with van der Waals surface area (Å²) in [6.45, 7) is 5.77. The maximum absolute atomic E-state index is 12.3. The topological polar surface area (TPSA) is 35.5 Å². The van der Waals surface area contributed by atoms with Gasteiger partial charge in [-0.05, 0) is 31.0 Å². The number of fused-ring (bicyclic) bond motifs is 1. The molecule has 1 fully saturated rings. The molecule has 2 aliphatic heterocycles. The first kappa shape index (κ1) is 12.7. The van der Waals surface area contributed by atoms with Gasteiger partial charge in [-0.1, -0.05) is 13.8 Å². The first-order chi connectivity index (χ1) is 9.06. The second-order valence-electron chi connectivity index (χ2n) is 6.15. The van der Waals surface area contributed by atoms with Crippen LogP contribution >= 0.6 is 0 Å². The van der Waals surface area contributed by atoms with Crippen LogP contribution in [0.1, 0.15) is 49.0 Å². The van der Waals surface area contributed by atoms with Gasteiger partial charge < -0.3 is 9.47 Å². The maximum Gasteiger partial charge on any atom is 0.165 e. The van der Waals surface area contributed by atoms with E-state index in [0.717, 1.165) is 36.3 Å². The molecule has 1 atom stereocenters. The minimum atomic E-state index is -0.00448. The zero-order valence-electron chi connectivity index (χ0n) is 11.6. The average molecular weight is 260 g/mol. The summed E-state index contributed by atoms with van der Waals surface area (Å²) in [5.41, 5.74) is 1.92. The normalized spacial score (nSPS) is 24.0. The van der Waals surface area contributed by atoms with Crippen molar-refractivity contribution in [3.05, 3.63) is 29.3 Å². The fraction of sp³-hybridized carbons (Fsp3) is 0.562. The third kappa shape index (κ3) is 2.39. The van der Waals surface area contributed by atoms with Crippen LogP contribution < -0.4 is 4.74 Å². The van der Waals surface area contributed by atoms with Crippen molar-refractivity contribution in [3.63, 3.8) is 0 Å². The Kier molecular flexibility index (Phi) is 3.09. The molecule has 0 aliphatic carbocycles. The summed E-state index contributed by atoms with van der Waals surface area (Å²) in [4.78, 5) is 12.3. The number of benzene rings is 1. The van der Waals surface area contributed by atoms with Gasteiger partial charge in [0.25, 0.3) is 0 Å². The first-order valence-corrected chi connectivity index (χ1v) is 6.98. The largest absolute Gasteiger partial charge is 0.492 e. The summed E-state index contributed by atoms with van der Waals surface area (Å²) in [6, 6.07) is 5.80. The van der Waals surface area contributed by atoms with E-state index in [1.807, 2.05) is 18.2 Å². The summed E-state index contributed by atoms with van der Waals surface area (Å²) in [6.07, 6.45) is 2.69. The highest BCUT2D eigenvalue weighted by molar-refractivity contribution is 5.96. The monoisotopic (exact) mass is 260 g/mol. The highest BCUT2D eigenvalue weighted by Gasteiger charge is 2.32. The van der Waals surface area contributed by atoms with E-state index < -0.39 is 0 Å². The van der Waals surface area contributed by atoms with E-state index in [2.05, 4.69) is 13.8 Å². The number of hydrogen-bond acceptors (Lipinski definition) is 3. The summed E-state index contributed by atoms with van der Waals surface area (Å²) >= 11 is 0. The molecule has 2 heterocycles. The number of carbonyl (C=O) groups is 1. The van der Waals surface area contributed by atoms with Gasteiger partial charge in [-0.25, -0.2) is 0 Å². The van der Waals surface area contributed by atoms with E-state index in [0.29, 0.717) is 13.0 Å². The Morgan fingerprint density at radius 2 is 2.26 bits per heavy atom. The van der Waals surface area contributed by atoms with Crippen LogP contribution in [0.2, 0.25) is 0 Å². The quantitative estimate of drug-likeness (QED) is 0.783. The van der Waals surface area contributed by atoms with Gasteiger partial charge in [0.2, 0.25) is 0 Å². The van der Waals surface area contributed by atoms with Crippen LogP contribution in [0.25, 0.3) is 0 Å². The fourth-order valence-corrected chi connectivity index (χ4v) is 2.82. The van der Waals surface area contributed by atoms with Crippen LogP contribution in [0.5, 0.6) is 5.75 Å². The minimum Gasteiger partial charge on any atom is -0.492 e. The third-order valence-corrected chi connectivity index (χ3v) is 4.06. The Morgan fingerprint density at radius 3 is 3.00 bits per heavy atom. The van der Waals surface area contributed by atoms with Crippen LogP contribution in [0, 0.1) is 0 Å². The molecule has 3 heteroatoms. The van der Waals surface area contributed by atoms with Crippen molar-refractivity contribution in [2.45, 2.75) is 44.6 Å². The van der Waals surface area contributed by atoms with Crippen LogP contribution in [-0.4, -0.2) is 25.1 Å². The molecule has 2 aliphatic rings. The molecule has 0 N–H and O–H groups in total. The molecule has 1 aromatic carbocycles. The van der Waals surface area contributed by atoms with Crippen molar-refractivity contribution < 1.29 is 14.3 Å². The molecule has 3 rings (SSSR count). The molecule has 0 aromatic heterocycles. The Labute approximate surface area is 113 Å². The smallest absolute Gasteiger partial charge is 0.165 e. The molecule has 0 saturated carbocycles. The molecule has 19 heavy (non-hydrogen) atoms. The van der Waals surface area contributed by atoms with Crippen LogP contribution in [0.3, 0.4) is 0 Å². The number of hydrogen-bond donors (Lipinski definition) is 0. The number of carbonyl (C=O) groups excluding carboxylic acids is 1. The minimum absolute atomic E-state index is 0.00448. The SMILES string of the molecule is CC1(C)COc2ccc(C(=O)CC3CCCO3)cc21. The number of rotatable bonds is 3. The van der Waals surface area contributed by atoms with Gasteiger partial charge in [0, 0.05) is 29.6 Å². The van der Waals surface area contributed by atoms with Gasteiger partial charge in [-0.3, -0.25) is 4.79 Å². The Balaban J connectivity index is 1.80. The number of Topliss-reactive ketones (excluding diaryl/α,β-unsaturated/α-hetero) is 1. The van der Waals surface area contributed by atoms with Gasteiger partial charge in [0.05, 0.1) is 12.7 Å². The highest BCUT2D eigenvalue weighted by Crippen LogP contribution is 2.38. The van der Waals surface area contributed by atoms with Crippen molar-refractivity contribution in [2.75, 3.05) is 13.2 Å². The van der Waals surface area contributed by atoms with Gasteiger partial charge >= 0.3 is 0 Å². The Morgan fingerprint density at radius 1 is 1.42 bits per heavy atom. The lowest BCUT2D eigenvalue weighted by molar-refractivity contribution is 0.0775. The van der Waals surface area contributed by atoms with Gasteiger partial charge in [-0.15, -0.1) is 0 Å². The second kappa shape index (κ2) is 4.64. The lowest BCUT2D eigenvalue weighted by Gasteiger charge is -2.16. The van der Waals surface area contributed by atoms with E-state index in [9.17, 15) is 4.79 Å². The first-order valence-electron chi connectivity index (χ1n) is 6.98. The molecule has 3 nitrogen and oxygen atoms in total. The van der Waals surface area contributed by atoms with E-state index in [1.165, 1.54) is 0 Å². The summed E-state index contributed by atoms with van der Waals surface area (Å²) in [5, 5.41) is 0. The maximum atomic E-state index is 12.3. The van der Waals surface area contributed by atoms with Crippen molar-refractivity contribution in [2.24, 2.45) is 0 Å². The highest BCUT2D eigenvalue weighted by atomic mass is 16.5. The molecule has 0 amide bonds. The van der Waals surface area contributed by atoms with E-state index in [4.69, 9.17) is 9.47 Å². The van der Waals surface area contributed by atoms with E-state index >= 15 is 0 Å². The summed E-state index contributed by atoms with van der Waals surface area (Å²) in [5.74, 6) is 1.09. The second-order valence-corrected chi connectivity index (χ2v) is 6.15. The third-order valence-electron chi connectivity index (χ3n) is 4.06. The van der Waals surface area contributed by atoms with Crippen molar-refractivity contribution in [3.8, 4) is 5.75 Å². The van der Waals surface area contributed by atoms with Crippen molar-refractivity contribution in [1.82, 2.24) is 0 Å². The van der Waals surface area contributed by atoms with Gasteiger partial charge in [0.15, 0.2) is 5.78 Å². The standard InChI is InChI=1S/C16H20O3/c1-16(2)10-19-15-6-5-11(8-13(15)16)14(17)9-12-4-3-7-18-12/h5-6,8,12H,3-4,7,9-10H2,1-2H3.